The van der Waals surface area contributed by atoms with Crippen molar-refractivity contribution in [3.63, 3.8) is 0 Å². The van der Waals surface area contributed by atoms with E-state index in [1.165, 1.54) is 43.5 Å². The standard InChI is InChI=1S/C17H16F3NO/c1-3-12-4-6-13(7-5-12)16(21,17(18,19)20)14-8-10-15(22-2)11-9-14/h3-11H,1,21H2,2H3. The lowest BCUT2D eigenvalue weighted by atomic mass is 9.82. The van der Waals surface area contributed by atoms with Crippen LogP contribution in [-0.2, 0) is 5.54 Å². The molecule has 22 heavy (non-hydrogen) atoms. The van der Waals surface area contributed by atoms with Gasteiger partial charge in [-0.1, -0.05) is 49.1 Å². The molecule has 1 atom stereocenters. The number of benzene rings is 2. The summed E-state index contributed by atoms with van der Waals surface area (Å²) < 4.78 is 46.0. The Balaban J connectivity index is 2.57. The molecule has 0 heterocycles. The van der Waals surface area contributed by atoms with E-state index in [1.54, 1.807) is 18.2 Å². The molecule has 0 radical (unpaired) electrons. The Morgan fingerprint density at radius 3 is 1.77 bits per heavy atom. The van der Waals surface area contributed by atoms with Crippen molar-refractivity contribution in [2.75, 3.05) is 7.11 Å². The molecule has 116 valence electrons. The molecule has 2 aromatic carbocycles. The Kier molecular flexibility index (Phi) is 4.28. The SMILES string of the molecule is C=Cc1ccc(C(N)(c2ccc(OC)cc2)C(F)(F)F)cc1. The van der Waals surface area contributed by atoms with Crippen LogP contribution in [-0.4, -0.2) is 13.3 Å². The monoisotopic (exact) mass is 307 g/mol. The lowest BCUT2D eigenvalue weighted by molar-refractivity contribution is -0.176. The van der Waals surface area contributed by atoms with Gasteiger partial charge in [-0.3, -0.25) is 0 Å². The Morgan fingerprint density at radius 2 is 1.41 bits per heavy atom. The minimum absolute atomic E-state index is 0.0317. The second kappa shape index (κ2) is 5.85. The lowest BCUT2D eigenvalue weighted by Gasteiger charge is -2.33. The minimum Gasteiger partial charge on any atom is -0.497 e. The Bertz CT molecular complexity index is 647. The van der Waals surface area contributed by atoms with Crippen molar-refractivity contribution in [2.24, 2.45) is 5.73 Å². The molecular formula is C17H16F3NO. The smallest absolute Gasteiger partial charge is 0.414 e. The summed E-state index contributed by atoms with van der Waals surface area (Å²) in [4.78, 5) is 0. The van der Waals surface area contributed by atoms with Crippen LogP contribution in [0.25, 0.3) is 6.08 Å². The van der Waals surface area contributed by atoms with E-state index >= 15 is 0 Å². The van der Waals surface area contributed by atoms with Gasteiger partial charge in [0.2, 0.25) is 0 Å². The van der Waals surface area contributed by atoms with Crippen LogP contribution < -0.4 is 10.5 Å². The van der Waals surface area contributed by atoms with Gasteiger partial charge in [0.25, 0.3) is 0 Å². The van der Waals surface area contributed by atoms with Gasteiger partial charge in [-0.2, -0.15) is 13.2 Å². The molecule has 0 spiro atoms. The summed E-state index contributed by atoms with van der Waals surface area (Å²) in [6.45, 7) is 3.58. The van der Waals surface area contributed by atoms with Crippen molar-refractivity contribution in [2.45, 2.75) is 11.7 Å². The third kappa shape index (κ3) is 2.72. The summed E-state index contributed by atoms with van der Waals surface area (Å²) in [5, 5.41) is 0. The van der Waals surface area contributed by atoms with Crippen molar-refractivity contribution in [1.82, 2.24) is 0 Å². The molecule has 2 aromatic rings. The fourth-order valence-corrected chi connectivity index (χ4v) is 2.23. The molecular weight excluding hydrogens is 291 g/mol. The van der Waals surface area contributed by atoms with Gasteiger partial charge in [-0.25, -0.2) is 0 Å². The van der Waals surface area contributed by atoms with Crippen LogP contribution >= 0.6 is 0 Å². The molecule has 2 nitrogen and oxygen atoms in total. The normalized spacial score (nSPS) is 14.2. The summed E-state index contributed by atoms with van der Waals surface area (Å²) in [6, 6.07) is 11.4. The van der Waals surface area contributed by atoms with Crippen LogP contribution in [0.15, 0.2) is 55.1 Å². The van der Waals surface area contributed by atoms with Crippen molar-refractivity contribution >= 4 is 6.08 Å². The molecule has 0 aliphatic heterocycles. The summed E-state index contributed by atoms with van der Waals surface area (Å²) in [5.74, 6) is 0.468. The highest BCUT2D eigenvalue weighted by Crippen LogP contribution is 2.42. The summed E-state index contributed by atoms with van der Waals surface area (Å²) in [7, 11) is 1.45. The van der Waals surface area contributed by atoms with Gasteiger partial charge in [0.05, 0.1) is 7.11 Å². The van der Waals surface area contributed by atoms with Gasteiger partial charge in [0.15, 0.2) is 5.54 Å². The number of methoxy groups -OCH3 is 1. The van der Waals surface area contributed by atoms with Crippen molar-refractivity contribution < 1.29 is 17.9 Å². The van der Waals surface area contributed by atoms with Crippen molar-refractivity contribution in [3.05, 3.63) is 71.8 Å². The molecule has 0 aliphatic rings. The van der Waals surface area contributed by atoms with E-state index in [0.717, 1.165) is 5.56 Å². The maximum absolute atomic E-state index is 13.7. The first-order chi connectivity index (χ1) is 10.3. The van der Waals surface area contributed by atoms with E-state index in [0.29, 0.717) is 5.75 Å². The third-order valence-electron chi connectivity index (χ3n) is 3.59. The first kappa shape index (κ1) is 16.1. The van der Waals surface area contributed by atoms with E-state index in [9.17, 15) is 13.2 Å². The number of nitrogens with two attached hydrogens (primary N) is 1. The van der Waals surface area contributed by atoms with Gasteiger partial charge < -0.3 is 10.5 Å². The number of rotatable bonds is 4. The van der Waals surface area contributed by atoms with Gasteiger partial charge >= 0.3 is 6.18 Å². The number of hydrogen-bond acceptors (Lipinski definition) is 2. The molecule has 0 fully saturated rings. The van der Waals surface area contributed by atoms with Crippen molar-refractivity contribution in [1.29, 1.82) is 0 Å². The zero-order valence-corrected chi connectivity index (χ0v) is 12.0. The average molecular weight is 307 g/mol. The maximum atomic E-state index is 13.7. The average Bonchev–Trinajstić information content (AvgIpc) is 2.53. The van der Waals surface area contributed by atoms with Crippen molar-refractivity contribution in [3.8, 4) is 5.75 Å². The van der Waals surface area contributed by atoms with E-state index < -0.39 is 11.7 Å². The second-order valence-electron chi connectivity index (χ2n) is 4.86. The van der Waals surface area contributed by atoms with E-state index in [2.05, 4.69) is 6.58 Å². The van der Waals surface area contributed by atoms with E-state index in [1.807, 2.05) is 0 Å². The molecule has 0 aromatic heterocycles. The maximum Gasteiger partial charge on any atom is 0.414 e. The molecule has 0 saturated carbocycles. The molecule has 1 unspecified atom stereocenters. The largest absolute Gasteiger partial charge is 0.497 e. The summed E-state index contributed by atoms with van der Waals surface area (Å²) in [6.07, 6.45) is -3.08. The first-order valence-corrected chi connectivity index (χ1v) is 6.56. The highest BCUT2D eigenvalue weighted by Gasteiger charge is 2.54. The van der Waals surface area contributed by atoms with E-state index in [-0.39, 0.29) is 11.1 Å². The van der Waals surface area contributed by atoms with Crippen LogP contribution in [0.5, 0.6) is 5.75 Å². The van der Waals surface area contributed by atoms with Gasteiger partial charge in [0, 0.05) is 0 Å². The van der Waals surface area contributed by atoms with E-state index in [4.69, 9.17) is 10.5 Å². The first-order valence-electron chi connectivity index (χ1n) is 6.56. The highest BCUT2D eigenvalue weighted by atomic mass is 19.4. The number of hydrogen-bond donors (Lipinski definition) is 1. The minimum atomic E-state index is -4.64. The Hall–Kier alpha value is -2.27. The lowest BCUT2D eigenvalue weighted by Crippen LogP contribution is -2.51. The van der Waals surface area contributed by atoms with Crippen LogP contribution in [0, 0.1) is 0 Å². The summed E-state index contributed by atoms with van der Waals surface area (Å²) >= 11 is 0. The third-order valence-corrected chi connectivity index (χ3v) is 3.59. The zero-order valence-electron chi connectivity index (χ0n) is 12.0. The molecule has 2 N–H and O–H groups in total. The van der Waals surface area contributed by atoms with Crippen LogP contribution in [0.2, 0.25) is 0 Å². The molecule has 0 amide bonds. The highest BCUT2D eigenvalue weighted by molar-refractivity contribution is 5.50. The van der Waals surface area contributed by atoms with Crippen LogP contribution in [0.3, 0.4) is 0 Å². The Labute approximate surface area is 127 Å². The second-order valence-corrected chi connectivity index (χ2v) is 4.86. The van der Waals surface area contributed by atoms with Crippen LogP contribution in [0.4, 0.5) is 13.2 Å². The van der Waals surface area contributed by atoms with Crippen LogP contribution in [0.1, 0.15) is 16.7 Å². The number of alkyl halides is 3. The fraction of sp³-hybridized carbons (Fsp3) is 0.176. The quantitative estimate of drug-likeness (QED) is 0.923. The molecule has 0 aliphatic carbocycles. The van der Waals surface area contributed by atoms with Gasteiger partial charge in [-0.15, -0.1) is 0 Å². The molecule has 0 saturated heterocycles. The predicted molar refractivity (Wildman–Crippen MR) is 80.5 cm³/mol. The van der Waals surface area contributed by atoms with Gasteiger partial charge in [0.1, 0.15) is 5.75 Å². The number of halogens is 3. The molecule has 0 bridgehead atoms. The summed E-state index contributed by atoms with van der Waals surface area (Å²) in [5.41, 5.74) is 3.87. The fourth-order valence-electron chi connectivity index (χ4n) is 2.23. The molecule has 5 heteroatoms. The Morgan fingerprint density at radius 1 is 0.955 bits per heavy atom. The molecule has 2 rings (SSSR count). The topological polar surface area (TPSA) is 35.2 Å². The number of ether oxygens (including phenoxy) is 1. The predicted octanol–water partition coefficient (Wildman–Crippen LogP) is 4.10. The zero-order chi connectivity index (χ0) is 16.4. The van der Waals surface area contributed by atoms with Gasteiger partial charge in [-0.05, 0) is 28.8 Å².